The maximum atomic E-state index is 12.5. The predicted octanol–water partition coefficient (Wildman–Crippen LogP) is 4.76. The lowest BCUT2D eigenvalue weighted by atomic mass is 9.84. The fourth-order valence-electron chi connectivity index (χ4n) is 4.61. The second-order valence-electron chi connectivity index (χ2n) is 9.26. The van der Waals surface area contributed by atoms with Crippen molar-refractivity contribution >= 4 is 23.0 Å². The van der Waals surface area contributed by atoms with E-state index in [-0.39, 0.29) is 43.9 Å². The van der Waals surface area contributed by atoms with Crippen molar-refractivity contribution < 1.29 is 24.2 Å². The summed E-state index contributed by atoms with van der Waals surface area (Å²) in [7, 11) is 0. The van der Waals surface area contributed by atoms with Gasteiger partial charge in [-0.05, 0) is 60.2 Å². The third-order valence-electron chi connectivity index (χ3n) is 6.75. The molecule has 0 aliphatic rings. The Balaban J connectivity index is 1.56. The molecule has 4 aromatic rings. The summed E-state index contributed by atoms with van der Waals surface area (Å²) >= 11 is 0. The van der Waals surface area contributed by atoms with Gasteiger partial charge in [-0.25, -0.2) is 4.68 Å². The second kappa shape index (κ2) is 12.5. The van der Waals surface area contributed by atoms with Gasteiger partial charge in [-0.15, -0.1) is 5.10 Å². The van der Waals surface area contributed by atoms with Gasteiger partial charge < -0.3 is 14.6 Å². The van der Waals surface area contributed by atoms with Crippen molar-refractivity contribution in [3.63, 3.8) is 0 Å². The minimum absolute atomic E-state index is 0.0775. The number of aliphatic hydroxyl groups is 1. The summed E-state index contributed by atoms with van der Waals surface area (Å²) in [6.07, 6.45) is 0.334. The molecule has 0 aliphatic heterocycles. The number of nitrogens with zero attached hydrogens (tertiary/aromatic N) is 3. The van der Waals surface area contributed by atoms with Crippen LogP contribution in [0.15, 0.2) is 60.7 Å². The van der Waals surface area contributed by atoms with Gasteiger partial charge in [0.25, 0.3) is 0 Å². The number of ether oxygens (including phenoxy) is 2. The van der Waals surface area contributed by atoms with Crippen LogP contribution in [-0.2, 0) is 38.8 Å². The minimum Gasteiger partial charge on any atom is -0.466 e. The Morgan fingerprint density at radius 2 is 1.79 bits per heavy atom. The van der Waals surface area contributed by atoms with Gasteiger partial charge >= 0.3 is 11.9 Å². The smallest absolute Gasteiger partial charge is 0.308 e. The van der Waals surface area contributed by atoms with Crippen molar-refractivity contribution in [2.24, 2.45) is 0 Å². The van der Waals surface area contributed by atoms with E-state index >= 15 is 0 Å². The first-order chi connectivity index (χ1) is 18.4. The number of carbonyl (C=O) groups is 2. The van der Waals surface area contributed by atoms with Crippen LogP contribution in [0.4, 0.5) is 0 Å². The standard InChI is InChI=1S/C30H33N3O5/c1-4-37-29(36)17-26(23-11-10-20(2)24(16-23)18-34)25-12-13-27-30(21(25)3)31-32-33(27)15-14-28(35)38-19-22-8-6-5-7-9-22/h5-13,16,26,34H,4,14-15,17-19H2,1-3H3. The fraction of sp³-hybridized carbons (Fsp3) is 0.333. The van der Waals surface area contributed by atoms with E-state index in [2.05, 4.69) is 10.3 Å². The van der Waals surface area contributed by atoms with Gasteiger partial charge in [0.15, 0.2) is 0 Å². The van der Waals surface area contributed by atoms with Gasteiger partial charge in [0.2, 0.25) is 0 Å². The Hall–Kier alpha value is -4.04. The normalized spacial score (nSPS) is 11.9. The van der Waals surface area contributed by atoms with Crippen LogP contribution >= 0.6 is 0 Å². The SMILES string of the molecule is CCOC(=O)CC(c1ccc(C)c(CO)c1)c1ccc2c(nnn2CCC(=O)OCc2ccccc2)c1C. The molecule has 0 fully saturated rings. The molecule has 3 aromatic carbocycles. The number of esters is 2. The average molecular weight is 516 g/mol. The summed E-state index contributed by atoms with van der Waals surface area (Å²) in [5.74, 6) is -0.873. The third-order valence-corrected chi connectivity index (χ3v) is 6.75. The van der Waals surface area contributed by atoms with Crippen LogP contribution in [0.1, 0.15) is 59.1 Å². The zero-order valence-corrected chi connectivity index (χ0v) is 22.0. The number of aromatic nitrogens is 3. The monoisotopic (exact) mass is 515 g/mol. The van der Waals surface area contributed by atoms with Crippen molar-refractivity contribution in [3.05, 3.63) is 94.0 Å². The second-order valence-corrected chi connectivity index (χ2v) is 9.26. The maximum absolute atomic E-state index is 12.5. The molecule has 0 aliphatic carbocycles. The van der Waals surface area contributed by atoms with E-state index < -0.39 is 0 Å². The molecule has 1 heterocycles. The third kappa shape index (κ3) is 6.26. The summed E-state index contributed by atoms with van der Waals surface area (Å²) in [4.78, 5) is 24.8. The van der Waals surface area contributed by atoms with E-state index in [0.717, 1.165) is 38.9 Å². The molecule has 1 aromatic heterocycles. The van der Waals surface area contributed by atoms with Crippen molar-refractivity contribution in [2.75, 3.05) is 6.61 Å². The zero-order valence-electron chi connectivity index (χ0n) is 22.0. The van der Waals surface area contributed by atoms with Crippen LogP contribution in [0.25, 0.3) is 11.0 Å². The van der Waals surface area contributed by atoms with E-state index in [9.17, 15) is 14.7 Å². The van der Waals surface area contributed by atoms with Gasteiger partial charge in [-0.1, -0.05) is 59.8 Å². The van der Waals surface area contributed by atoms with Gasteiger partial charge in [-0.3, -0.25) is 9.59 Å². The Bertz CT molecular complexity index is 1410. The number of aryl methyl sites for hydroxylation is 3. The van der Waals surface area contributed by atoms with Crippen LogP contribution < -0.4 is 0 Å². The highest BCUT2D eigenvalue weighted by Crippen LogP contribution is 2.34. The van der Waals surface area contributed by atoms with Crippen molar-refractivity contribution in [1.82, 2.24) is 15.0 Å². The lowest BCUT2D eigenvalue weighted by Gasteiger charge is -2.21. The first-order valence-electron chi connectivity index (χ1n) is 12.8. The van der Waals surface area contributed by atoms with E-state index in [4.69, 9.17) is 9.47 Å². The summed E-state index contributed by atoms with van der Waals surface area (Å²) in [5, 5.41) is 18.5. The number of carbonyl (C=O) groups excluding carboxylic acids is 2. The van der Waals surface area contributed by atoms with E-state index in [1.54, 1.807) is 11.6 Å². The van der Waals surface area contributed by atoms with Crippen molar-refractivity contribution in [1.29, 1.82) is 0 Å². The molecule has 0 amide bonds. The van der Waals surface area contributed by atoms with E-state index in [1.165, 1.54) is 0 Å². The lowest BCUT2D eigenvalue weighted by Crippen LogP contribution is -2.13. The number of fused-ring (bicyclic) bond motifs is 1. The van der Waals surface area contributed by atoms with Gasteiger partial charge in [-0.2, -0.15) is 0 Å². The summed E-state index contributed by atoms with van der Waals surface area (Å²) in [6.45, 7) is 6.50. The maximum Gasteiger partial charge on any atom is 0.308 e. The van der Waals surface area contributed by atoms with Crippen LogP contribution in [-0.4, -0.2) is 38.6 Å². The molecular weight excluding hydrogens is 482 g/mol. The summed E-state index contributed by atoms with van der Waals surface area (Å²) < 4.78 is 12.3. The molecule has 1 atom stereocenters. The van der Waals surface area contributed by atoms with Gasteiger partial charge in [0.05, 0.1) is 38.1 Å². The van der Waals surface area contributed by atoms with Gasteiger partial charge in [0.1, 0.15) is 12.1 Å². The molecule has 8 nitrogen and oxygen atoms in total. The van der Waals surface area contributed by atoms with E-state index in [0.29, 0.717) is 18.7 Å². The van der Waals surface area contributed by atoms with E-state index in [1.807, 2.05) is 74.5 Å². The largest absolute Gasteiger partial charge is 0.466 e. The summed E-state index contributed by atoms with van der Waals surface area (Å²) in [6, 6.07) is 19.3. The number of hydrogen-bond donors (Lipinski definition) is 1. The molecule has 198 valence electrons. The molecule has 38 heavy (non-hydrogen) atoms. The molecule has 0 radical (unpaired) electrons. The highest BCUT2D eigenvalue weighted by Gasteiger charge is 2.24. The lowest BCUT2D eigenvalue weighted by molar-refractivity contribution is -0.145. The number of benzene rings is 3. The Morgan fingerprint density at radius 3 is 2.53 bits per heavy atom. The molecule has 0 saturated carbocycles. The van der Waals surface area contributed by atoms with Gasteiger partial charge in [0, 0.05) is 5.92 Å². The zero-order chi connectivity index (χ0) is 27.1. The topological polar surface area (TPSA) is 104 Å². The molecule has 1 N–H and O–H groups in total. The van der Waals surface area contributed by atoms with Crippen LogP contribution in [0.2, 0.25) is 0 Å². The predicted molar refractivity (Wildman–Crippen MR) is 143 cm³/mol. The minimum atomic E-state index is -0.306. The number of aliphatic hydroxyl groups excluding tert-OH is 1. The van der Waals surface area contributed by atoms with Crippen LogP contribution in [0.5, 0.6) is 0 Å². The quantitative estimate of drug-likeness (QED) is 0.287. The first-order valence-corrected chi connectivity index (χ1v) is 12.8. The Kier molecular flexibility index (Phi) is 8.86. The van der Waals surface area contributed by atoms with Crippen LogP contribution in [0, 0.1) is 13.8 Å². The molecule has 4 rings (SSSR count). The van der Waals surface area contributed by atoms with Crippen molar-refractivity contribution in [3.8, 4) is 0 Å². The van der Waals surface area contributed by atoms with Crippen LogP contribution in [0.3, 0.4) is 0 Å². The average Bonchev–Trinajstić information content (AvgIpc) is 3.35. The molecule has 0 bridgehead atoms. The fourth-order valence-corrected chi connectivity index (χ4v) is 4.61. The first kappa shape index (κ1) is 27.0. The molecule has 8 heteroatoms. The number of hydrogen-bond acceptors (Lipinski definition) is 7. The summed E-state index contributed by atoms with van der Waals surface area (Å²) in [5.41, 5.74) is 7.02. The highest BCUT2D eigenvalue weighted by molar-refractivity contribution is 5.81. The van der Waals surface area contributed by atoms with Crippen molar-refractivity contribution in [2.45, 2.75) is 59.3 Å². The Labute approximate surface area is 222 Å². The molecule has 0 spiro atoms. The number of rotatable bonds is 11. The molecule has 0 saturated heterocycles. The molecule has 1 unspecified atom stereocenters. The Morgan fingerprint density at radius 1 is 1.00 bits per heavy atom. The highest BCUT2D eigenvalue weighted by atomic mass is 16.5. The molecular formula is C30H33N3O5.